The van der Waals surface area contributed by atoms with Gasteiger partial charge >= 0.3 is 0 Å². The van der Waals surface area contributed by atoms with E-state index in [0.717, 1.165) is 6.07 Å². The molecule has 76 valence electrons. The van der Waals surface area contributed by atoms with Crippen LogP contribution in [0, 0.1) is 11.6 Å². The van der Waals surface area contributed by atoms with Gasteiger partial charge in [-0.15, -0.1) is 0 Å². The van der Waals surface area contributed by atoms with E-state index in [9.17, 15) is 8.78 Å². The van der Waals surface area contributed by atoms with E-state index in [1.807, 2.05) is 0 Å². The normalized spacial score (nSPS) is 10.3. The van der Waals surface area contributed by atoms with Crippen LogP contribution in [0.4, 0.5) is 8.78 Å². The fourth-order valence-corrected chi connectivity index (χ4v) is 1.49. The van der Waals surface area contributed by atoms with Crippen LogP contribution in [0.5, 0.6) is 0 Å². The Kier molecular flexibility index (Phi) is 2.73. The molecule has 1 aromatic heterocycles. The third kappa shape index (κ3) is 2.18. The van der Waals surface area contributed by atoms with Crippen molar-refractivity contribution in [3.8, 4) is 11.3 Å². The maximum absolute atomic E-state index is 13.4. The summed E-state index contributed by atoms with van der Waals surface area (Å²) in [4.78, 5) is 7.72. The minimum Gasteiger partial charge on any atom is -0.236 e. The molecular formula is C10H5BrF2N2. The molecule has 1 aromatic carbocycles. The van der Waals surface area contributed by atoms with Crippen molar-refractivity contribution in [2.45, 2.75) is 0 Å². The van der Waals surface area contributed by atoms with Gasteiger partial charge in [0, 0.05) is 11.6 Å². The van der Waals surface area contributed by atoms with Gasteiger partial charge in [-0.05, 0) is 34.1 Å². The summed E-state index contributed by atoms with van der Waals surface area (Å²) in [7, 11) is 0. The van der Waals surface area contributed by atoms with Crippen molar-refractivity contribution in [1.29, 1.82) is 0 Å². The molecule has 0 bridgehead atoms. The van der Waals surface area contributed by atoms with Crippen LogP contribution in [0.3, 0.4) is 0 Å². The van der Waals surface area contributed by atoms with Crippen LogP contribution in [0.1, 0.15) is 0 Å². The maximum atomic E-state index is 13.4. The average Bonchev–Trinajstić information content (AvgIpc) is 2.17. The molecule has 0 aliphatic rings. The van der Waals surface area contributed by atoms with Crippen molar-refractivity contribution in [3.63, 3.8) is 0 Å². The summed E-state index contributed by atoms with van der Waals surface area (Å²) >= 11 is 3.15. The summed E-state index contributed by atoms with van der Waals surface area (Å²) in [5.41, 5.74) is 0.661. The summed E-state index contributed by atoms with van der Waals surface area (Å²) in [6.07, 6.45) is 1.31. The molecule has 2 rings (SSSR count). The Morgan fingerprint density at radius 1 is 1.07 bits per heavy atom. The van der Waals surface area contributed by atoms with Gasteiger partial charge in [0.1, 0.15) is 22.6 Å². The number of hydrogen-bond acceptors (Lipinski definition) is 2. The lowest BCUT2D eigenvalue weighted by molar-refractivity contribution is 0.585. The summed E-state index contributed by atoms with van der Waals surface area (Å²) in [5, 5.41) is 0. The zero-order valence-corrected chi connectivity index (χ0v) is 9.00. The van der Waals surface area contributed by atoms with E-state index in [4.69, 9.17) is 0 Å². The van der Waals surface area contributed by atoms with Gasteiger partial charge in [-0.25, -0.2) is 18.7 Å². The summed E-state index contributed by atoms with van der Waals surface area (Å²) in [6.45, 7) is 0. The topological polar surface area (TPSA) is 25.8 Å². The lowest BCUT2D eigenvalue weighted by atomic mass is 10.1. The van der Waals surface area contributed by atoms with E-state index >= 15 is 0 Å². The first-order valence-corrected chi connectivity index (χ1v) is 4.89. The van der Waals surface area contributed by atoms with Crippen LogP contribution in [-0.2, 0) is 0 Å². The van der Waals surface area contributed by atoms with Crippen LogP contribution in [0.25, 0.3) is 11.3 Å². The zero-order valence-electron chi connectivity index (χ0n) is 7.42. The second kappa shape index (κ2) is 4.02. The van der Waals surface area contributed by atoms with Crippen molar-refractivity contribution in [3.05, 3.63) is 46.8 Å². The van der Waals surface area contributed by atoms with Crippen molar-refractivity contribution in [1.82, 2.24) is 9.97 Å². The molecule has 0 saturated heterocycles. The Hall–Kier alpha value is -1.36. The Bertz CT molecular complexity index is 503. The molecule has 0 aliphatic heterocycles. The van der Waals surface area contributed by atoms with Gasteiger partial charge in [0.05, 0.1) is 5.69 Å². The second-order valence-electron chi connectivity index (χ2n) is 2.85. The standard InChI is InChI=1S/C10H5BrF2N2/c11-10-4-9(14-5-15-10)7-2-1-6(12)3-8(7)13/h1-5H. The summed E-state index contributed by atoms with van der Waals surface area (Å²) in [5.74, 6) is -1.25. The average molecular weight is 271 g/mol. The summed E-state index contributed by atoms with van der Waals surface area (Å²) < 4.78 is 26.6. The predicted molar refractivity (Wildman–Crippen MR) is 55.1 cm³/mol. The third-order valence-electron chi connectivity index (χ3n) is 1.84. The Labute approximate surface area is 93.1 Å². The minimum absolute atomic E-state index is 0.250. The molecule has 2 aromatic rings. The van der Waals surface area contributed by atoms with E-state index in [1.165, 1.54) is 18.5 Å². The largest absolute Gasteiger partial charge is 0.236 e. The predicted octanol–water partition coefficient (Wildman–Crippen LogP) is 3.18. The van der Waals surface area contributed by atoms with Crippen LogP contribution >= 0.6 is 15.9 Å². The molecule has 0 radical (unpaired) electrons. The minimum atomic E-state index is -0.638. The molecule has 1 heterocycles. The molecule has 0 saturated carbocycles. The Morgan fingerprint density at radius 3 is 2.53 bits per heavy atom. The van der Waals surface area contributed by atoms with Gasteiger partial charge in [-0.1, -0.05) is 0 Å². The second-order valence-corrected chi connectivity index (χ2v) is 3.66. The highest BCUT2D eigenvalue weighted by molar-refractivity contribution is 9.10. The van der Waals surface area contributed by atoms with E-state index in [1.54, 1.807) is 6.07 Å². The van der Waals surface area contributed by atoms with Gasteiger partial charge in [0.25, 0.3) is 0 Å². The van der Waals surface area contributed by atoms with E-state index < -0.39 is 11.6 Å². The molecule has 0 fully saturated rings. The van der Waals surface area contributed by atoms with Gasteiger partial charge in [-0.2, -0.15) is 0 Å². The fourth-order valence-electron chi connectivity index (χ4n) is 1.18. The Balaban J connectivity index is 2.54. The van der Waals surface area contributed by atoms with Gasteiger partial charge in [0.15, 0.2) is 0 Å². The first-order valence-electron chi connectivity index (χ1n) is 4.10. The monoisotopic (exact) mass is 270 g/mol. The highest BCUT2D eigenvalue weighted by atomic mass is 79.9. The van der Waals surface area contributed by atoms with E-state index in [2.05, 4.69) is 25.9 Å². The first-order chi connectivity index (χ1) is 7.16. The first kappa shape index (κ1) is 10.2. The molecule has 0 spiro atoms. The highest BCUT2D eigenvalue weighted by Crippen LogP contribution is 2.22. The van der Waals surface area contributed by atoms with Crippen LogP contribution in [-0.4, -0.2) is 9.97 Å². The molecule has 2 nitrogen and oxygen atoms in total. The number of nitrogens with zero attached hydrogens (tertiary/aromatic N) is 2. The van der Waals surface area contributed by atoms with Crippen molar-refractivity contribution < 1.29 is 8.78 Å². The lowest BCUT2D eigenvalue weighted by Crippen LogP contribution is -1.90. The number of halogens is 3. The van der Waals surface area contributed by atoms with Crippen molar-refractivity contribution in [2.24, 2.45) is 0 Å². The SMILES string of the molecule is Fc1ccc(-c2cc(Br)ncn2)c(F)c1. The number of rotatable bonds is 1. The molecule has 5 heteroatoms. The summed E-state index contributed by atoms with van der Waals surface area (Å²) in [6, 6.07) is 4.93. The number of aromatic nitrogens is 2. The van der Waals surface area contributed by atoms with E-state index in [0.29, 0.717) is 10.3 Å². The van der Waals surface area contributed by atoms with Crippen LogP contribution in [0.2, 0.25) is 0 Å². The highest BCUT2D eigenvalue weighted by Gasteiger charge is 2.07. The molecule has 0 atom stereocenters. The van der Waals surface area contributed by atoms with Crippen LogP contribution in [0.15, 0.2) is 35.2 Å². The lowest BCUT2D eigenvalue weighted by Gasteiger charge is -2.02. The quantitative estimate of drug-likeness (QED) is 0.744. The van der Waals surface area contributed by atoms with Gasteiger partial charge in [-0.3, -0.25) is 0 Å². The van der Waals surface area contributed by atoms with E-state index in [-0.39, 0.29) is 5.56 Å². The number of hydrogen-bond donors (Lipinski definition) is 0. The van der Waals surface area contributed by atoms with Crippen LogP contribution < -0.4 is 0 Å². The Morgan fingerprint density at radius 2 is 1.87 bits per heavy atom. The molecule has 15 heavy (non-hydrogen) atoms. The molecule has 0 amide bonds. The molecule has 0 N–H and O–H groups in total. The maximum Gasteiger partial charge on any atom is 0.135 e. The number of benzene rings is 1. The van der Waals surface area contributed by atoms with Gasteiger partial charge < -0.3 is 0 Å². The van der Waals surface area contributed by atoms with Crippen molar-refractivity contribution in [2.75, 3.05) is 0 Å². The molecule has 0 unspecified atom stereocenters. The molecular weight excluding hydrogens is 266 g/mol. The zero-order chi connectivity index (χ0) is 10.8. The third-order valence-corrected chi connectivity index (χ3v) is 2.27. The fraction of sp³-hybridized carbons (Fsp3) is 0. The molecule has 0 aliphatic carbocycles. The smallest absolute Gasteiger partial charge is 0.135 e. The van der Waals surface area contributed by atoms with Crippen molar-refractivity contribution >= 4 is 15.9 Å². The van der Waals surface area contributed by atoms with Gasteiger partial charge in [0.2, 0.25) is 0 Å².